The molecule has 3 heteroatoms. The molecule has 2 N–H and O–H groups in total. The van der Waals surface area contributed by atoms with Crippen molar-refractivity contribution < 1.29 is 0 Å². The molecule has 2 unspecified atom stereocenters. The summed E-state index contributed by atoms with van der Waals surface area (Å²) in [5.74, 6) is 1.55. The normalized spacial score (nSPS) is 23.7. The van der Waals surface area contributed by atoms with Gasteiger partial charge in [-0.05, 0) is 55.5 Å². The molecule has 0 amide bonds. The van der Waals surface area contributed by atoms with Gasteiger partial charge in [-0.15, -0.1) is 0 Å². The highest BCUT2D eigenvalue weighted by Gasteiger charge is 2.27. The fourth-order valence-electron chi connectivity index (χ4n) is 3.05. The highest BCUT2D eigenvalue weighted by atomic mass is 15.1. The highest BCUT2D eigenvalue weighted by Crippen LogP contribution is 2.31. The summed E-state index contributed by atoms with van der Waals surface area (Å²) >= 11 is 0. The molecule has 1 saturated carbocycles. The number of hydrogen-bond donors (Lipinski definition) is 1. The van der Waals surface area contributed by atoms with E-state index < -0.39 is 0 Å². The topological polar surface area (TPSA) is 42.2 Å². The maximum absolute atomic E-state index is 5.87. The van der Waals surface area contributed by atoms with Gasteiger partial charge in [-0.3, -0.25) is 9.88 Å². The average Bonchev–Trinajstić information content (AvgIpc) is 2.86. The minimum absolute atomic E-state index is 0.747. The molecule has 1 fully saturated rings. The quantitative estimate of drug-likeness (QED) is 0.838. The maximum Gasteiger partial charge on any atom is 0.0271 e. The Morgan fingerprint density at radius 1 is 1.28 bits per heavy atom. The Hall–Kier alpha value is -0.930. The summed E-state index contributed by atoms with van der Waals surface area (Å²) in [5.41, 5.74) is 7.22. The van der Waals surface area contributed by atoms with Crippen LogP contribution in [0.15, 0.2) is 24.5 Å². The zero-order valence-corrected chi connectivity index (χ0v) is 11.4. The summed E-state index contributed by atoms with van der Waals surface area (Å²) in [6.07, 6.45) is 7.80. The summed E-state index contributed by atoms with van der Waals surface area (Å²) in [7, 11) is 0. The smallest absolute Gasteiger partial charge is 0.0271 e. The first kappa shape index (κ1) is 13.5. The van der Waals surface area contributed by atoms with E-state index in [1.165, 1.54) is 31.4 Å². The molecule has 0 saturated heterocycles. The van der Waals surface area contributed by atoms with Gasteiger partial charge in [-0.1, -0.05) is 13.3 Å². The third-order valence-corrected chi connectivity index (χ3v) is 4.21. The van der Waals surface area contributed by atoms with E-state index in [0.717, 1.165) is 31.5 Å². The standard InChI is InChI=1S/C15H25N3/c1-2-18(11-13-6-8-17-9-7-13)12-15-5-3-4-14(15)10-16/h6-9,14-15H,2-5,10-12,16H2,1H3. The van der Waals surface area contributed by atoms with Crippen LogP contribution in [0.3, 0.4) is 0 Å². The molecule has 0 spiro atoms. The van der Waals surface area contributed by atoms with Crippen molar-refractivity contribution in [1.82, 2.24) is 9.88 Å². The lowest BCUT2D eigenvalue weighted by Crippen LogP contribution is -2.32. The van der Waals surface area contributed by atoms with Crippen LogP contribution in [0.2, 0.25) is 0 Å². The number of nitrogens with zero attached hydrogens (tertiary/aromatic N) is 2. The van der Waals surface area contributed by atoms with Gasteiger partial charge in [-0.25, -0.2) is 0 Å². The predicted molar refractivity (Wildman–Crippen MR) is 75.1 cm³/mol. The predicted octanol–water partition coefficient (Wildman–Crippen LogP) is 2.28. The number of rotatable bonds is 6. The van der Waals surface area contributed by atoms with Crippen molar-refractivity contribution in [3.05, 3.63) is 30.1 Å². The molecule has 1 aromatic heterocycles. The second-order valence-electron chi connectivity index (χ2n) is 5.37. The van der Waals surface area contributed by atoms with Crippen molar-refractivity contribution in [3.8, 4) is 0 Å². The molecule has 100 valence electrons. The average molecular weight is 247 g/mol. The van der Waals surface area contributed by atoms with E-state index in [4.69, 9.17) is 5.73 Å². The van der Waals surface area contributed by atoms with Crippen LogP contribution in [0.1, 0.15) is 31.7 Å². The first-order valence-corrected chi connectivity index (χ1v) is 7.14. The second kappa shape index (κ2) is 6.86. The molecule has 1 aliphatic carbocycles. The third kappa shape index (κ3) is 3.53. The molecule has 1 heterocycles. The van der Waals surface area contributed by atoms with Crippen LogP contribution in [-0.4, -0.2) is 29.5 Å². The lowest BCUT2D eigenvalue weighted by Gasteiger charge is -2.27. The summed E-state index contributed by atoms with van der Waals surface area (Å²) in [4.78, 5) is 6.61. The fourth-order valence-corrected chi connectivity index (χ4v) is 3.05. The fraction of sp³-hybridized carbons (Fsp3) is 0.667. The molecule has 3 nitrogen and oxygen atoms in total. The van der Waals surface area contributed by atoms with Crippen molar-refractivity contribution in [2.45, 2.75) is 32.7 Å². The van der Waals surface area contributed by atoms with Gasteiger partial charge in [0, 0.05) is 25.5 Å². The van der Waals surface area contributed by atoms with Crippen molar-refractivity contribution in [2.75, 3.05) is 19.6 Å². The van der Waals surface area contributed by atoms with Gasteiger partial charge >= 0.3 is 0 Å². The van der Waals surface area contributed by atoms with Crippen LogP contribution in [-0.2, 0) is 6.54 Å². The summed E-state index contributed by atoms with van der Waals surface area (Å²) in [6, 6.07) is 4.22. The molecule has 2 rings (SSSR count). The Kier molecular flexibility index (Phi) is 5.14. The van der Waals surface area contributed by atoms with Crippen molar-refractivity contribution in [3.63, 3.8) is 0 Å². The minimum Gasteiger partial charge on any atom is -0.330 e. The Labute approximate surface area is 110 Å². The molecule has 0 aliphatic heterocycles. The lowest BCUT2D eigenvalue weighted by molar-refractivity contribution is 0.208. The summed E-state index contributed by atoms with van der Waals surface area (Å²) in [5, 5.41) is 0. The van der Waals surface area contributed by atoms with Crippen LogP contribution in [0.4, 0.5) is 0 Å². The van der Waals surface area contributed by atoms with Crippen LogP contribution >= 0.6 is 0 Å². The third-order valence-electron chi connectivity index (χ3n) is 4.21. The molecule has 0 bridgehead atoms. The number of hydrogen-bond acceptors (Lipinski definition) is 3. The van der Waals surface area contributed by atoms with Gasteiger partial charge in [0.1, 0.15) is 0 Å². The first-order chi connectivity index (χ1) is 8.83. The van der Waals surface area contributed by atoms with Gasteiger partial charge in [0.2, 0.25) is 0 Å². The SMILES string of the molecule is CCN(Cc1ccncc1)CC1CCCC1CN. The first-order valence-electron chi connectivity index (χ1n) is 7.14. The number of pyridine rings is 1. The monoisotopic (exact) mass is 247 g/mol. The molecule has 2 atom stereocenters. The van der Waals surface area contributed by atoms with Crippen LogP contribution in [0, 0.1) is 11.8 Å². The molecule has 0 aromatic carbocycles. The number of nitrogens with two attached hydrogens (primary N) is 1. The van der Waals surface area contributed by atoms with E-state index in [-0.39, 0.29) is 0 Å². The zero-order chi connectivity index (χ0) is 12.8. The van der Waals surface area contributed by atoms with Gasteiger partial charge in [-0.2, -0.15) is 0 Å². The second-order valence-corrected chi connectivity index (χ2v) is 5.37. The van der Waals surface area contributed by atoms with Crippen molar-refractivity contribution in [1.29, 1.82) is 0 Å². The number of aromatic nitrogens is 1. The van der Waals surface area contributed by atoms with Gasteiger partial charge in [0.25, 0.3) is 0 Å². The largest absolute Gasteiger partial charge is 0.330 e. The zero-order valence-electron chi connectivity index (χ0n) is 11.4. The van der Waals surface area contributed by atoms with Crippen LogP contribution in [0.5, 0.6) is 0 Å². The van der Waals surface area contributed by atoms with E-state index in [2.05, 4.69) is 28.9 Å². The Morgan fingerprint density at radius 3 is 2.67 bits per heavy atom. The van der Waals surface area contributed by atoms with E-state index in [9.17, 15) is 0 Å². The van der Waals surface area contributed by atoms with E-state index in [1.807, 2.05) is 12.4 Å². The summed E-state index contributed by atoms with van der Waals surface area (Å²) < 4.78 is 0. The molecule has 1 aromatic rings. The molecule has 18 heavy (non-hydrogen) atoms. The van der Waals surface area contributed by atoms with Gasteiger partial charge in [0.15, 0.2) is 0 Å². The van der Waals surface area contributed by atoms with E-state index in [1.54, 1.807) is 0 Å². The molecular formula is C15H25N3. The van der Waals surface area contributed by atoms with Gasteiger partial charge < -0.3 is 5.73 Å². The van der Waals surface area contributed by atoms with E-state index in [0.29, 0.717) is 0 Å². The van der Waals surface area contributed by atoms with E-state index >= 15 is 0 Å². The molecule has 0 radical (unpaired) electrons. The summed E-state index contributed by atoms with van der Waals surface area (Å²) in [6.45, 7) is 6.44. The van der Waals surface area contributed by atoms with Crippen molar-refractivity contribution >= 4 is 0 Å². The van der Waals surface area contributed by atoms with Crippen LogP contribution in [0.25, 0.3) is 0 Å². The Balaban J connectivity index is 1.89. The Bertz CT molecular complexity index is 339. The maximum atomic E-state index is 5.87. The molecular weight excluding hydrogens is 222 g/mol. The Morgan fingerprint density at radius 2 is 2.00 bits per heavy atom. The molecule has 1 aliphatic rings. The van der Waals surface area contributed by atoms with Crippen molar-refractivity contribution in [2.24, 2.45) is 17.6 Å². The lowest BCUT2D eigenvalue weighted by atomic mass is 9.95. The van der Waals surface area contributed by atoms with Crippen LogP contribution < -0.4 is 5.73 Å². The minimum atomic E-state index is 0.747. The highest BCUT2D eigenvalue weighted by molar-refractivity contribution is 5.09. The van der Waals surface area contributed by atoms with Gasteiger partial charge in [0.05, 0.1) is 0 Å².